The summed E-state index contributed by atoms with van der Waals surface area (Å²) in [5.41, 5.74) is 1.26. The minimum Gasteiger partial charge on any atom is -0.497 e. The number of ether oxygens (including phenoxy) is 2. The van der Waals surface area contributed by atoms with Gasteiger partial charge in [-0.25, -0.2) is 4.98 Å². The zero-order valence-electron chi connectivity index (χ0n) is 15.7. The lowest BCUT2D eigenvalue weighted by Crippen LogP contribution is -2.27. The van der Waals surface area contributed by atoms with Crippen molar-refractivity contribution in [2.75, 3.05) is 25.3 Å². The number of methoxy groups -OCH3 is 2. The van der Waals surface area contributed by atoms with E-state index in [0.29, 0.717) is 28.1 Å². The topological polar surface area (TPSA) is 82.5 Å². The summed E-state index contributed by atoms with van der Waals surface area (Å²) in [5, 5.41) is 3.55. The number of nitrogens with one attached hydrogen (secondary N) is 1. The highest BCUT2D eigenvalue weighted by Gasteiger charge is 2.28. The standard InChI is InChI=1S/C19H23N3O4S/c1-4-5-12-8-18(24)22-13(11-27-19(22)20-12)9-17(23)21-15-10-14(25-2)6-7-16(15)26-3/h6-8,10,13H,4-5,9,11H2,1-3H3,(H,21,23). The number of anilines is 1. The molecule has 0 saturated heterocycles. The van der Waals surface area contributed by atoms with Gasteiger partial charge in [0, 0.05) is 30.0 Å². The molecule has 7 nitrogen and oxygen atoms in total. The Labute approximate surface area is 162 Å². The molecular formula is C19H23N3O4S. The van der Waals surface area contributed by atoms with Crippen molar-refractivity contribution >= 4 is 23.4 Å². The number of aryl methyl sites for hydroxylation is 1. The first-order chi connectivity index (χ1) is 13.0. The van der Waals surface area contributed by atoms with Crippen LogP contribution in [0.3, 0.4) is 0 Å². The number of aromatic nitrogens is 2. The van der Waals surface area contributed by atoms with Crippen molar-refractivity contribution in [1.82, 2.24) is 9.55 Å². The number of nitrogens with zero attached hydrogens (tertiary/aromatic N) is 2. The molecule has 0 saturated carbocycles. The van der Waals surface area contributed by atoms with Gasteiger partial charge in [-0.1, -0.05) is 25.1 Å². The van der Waals surface area contributed by atoms with E-state index in [1.54, 1.807) is 43.1 Å². The van der Waals surface area contributed by atoms with Crippen molar-refractivity contribution in [3.63, 3.8) is 0 Å². The molecule has 1 unspecified atom stereocenters. The molecule has 2 aromatic rings. The van der Waals surface area contributed by atoms with Crippen molar-refractivity contribution in [1.29, 1.82) is 0 Å². The Morgan fingerprint density at radius 1 is 1.33 bits per heavy atom. The third-order valence-corrected chi connectivity index (χ3v) is 5.45. The first-order valence-corrected chi connectivity index (χ1v) is 9.81. The van der Waals surface area contributed by atoms with Crippen LogP contribution >= 0.6 is 11.8 Å². The predicted molar refractivity (Wildman–Crippen MR) is 105 cm³/mol. The second-order valence-corrected chi connectivity index (χ2v) is 7.26. The van der Waals surface area contributed by atoms with E-state index in [9.17, 15) is 9.59 Å². The number of thioether (sulfide) groups is 1. The van der Waals surface area contributed by atoms with Crippen molar-refractivity contribution in [3.8, 4) is 11.5 Å². The number of carbonyl (C=O) groups excluding carboxylic acids is 1. The molecule has 1 aliphatic rings. The van der Waals surface area contributed by atoms with Gasteiger partial charge in [-0.15, -0.1) is 0 Å². The highest BCUT2D eigenvalue weighted by molar-refractivity contribution is 7.99. The summed E-state index contributed by atoms with van der Waals surface area (Å²) >= 11 is 1.52. The Bertz CT molecular complexity index is 897. The van der Waals surface area contributed by atoms with E-state index in [0.717, 1.165) is 18.5 Å². The second-order valence-electron chi connectivity index (χ2n) is 6.27. The van der Waals surface area contributed by atoms with Gasteiger partial charge in [0.25, 0.3) is 5.56 Å². The third-order valence-electron chi connectivity index (χ3n) is 4.35. The van der Waals surface area contributed by atoms with E-state index in [1.165, 1.54) is 11.8 Å². The zero-order chi connectivity index (χ0) is 19.4. The lowest BCUT2D eigenvalue weighted by Gasteiger charge is -2.15. The van der Waals surface area contributed by atoms with E-state index < -0.39 is 0 Å². The van der Waals surface area contributed by atoms with E-state index in [-0.39, 0.29) is 23.9 Å². The maximum absolute atomic E-state index is 12.6. The molecule has 0 bridgehead atoms. The number of hydrogen-bond acceptors (Lipinski definition) is 6. The fraction of sp³-hybridized carbons (Fsp3) is 0.421. The quantitative estimate of drug-likeness (QED) is 0.733. The number of carbonyl (C=O) groups is 1. The molecule has 1 N–H and O–H groups in total. The molecule has 0 fully saturated rings. The van der Waals surface area contributed by atoms with E-state index in [4.69, 9.17) is 9.47 Å². The molecule has 8 heteroatoms. The monoisotopic (exact) mass is 389 g/mol. The lowest BCUT2D eigenvalue weighted by atomic mass is 10.2. The van der Waals surface area contributed by atoms with Crippen molar-refractivity contribution in [3.05, 3.63) is 40.3 Å². The lowest BCUT2D eigenvalue weighted by molar-refractivity contribution is -0.116. The molecule has 0 aliphatic carbocycles. The molecule has 1 amide bonds. The van der Waals surface area contributed by atoms with Gasteiger partial charge in [0.15, 0.2) is 5.16 Å². The highest BCUT2D eigenvalue weighted by atomic mass is 32.2. The van der Waals surface area contributed by atoms with E-state index >= 15 is 0 Å². The van der Waals surface area contributed by atoms with Crippen LogP contribution in [0.5, 0.6) is 11.5 Å². The van der Waals surface area contributed by atoms with Crippen molar-refractivity contribution < 1.29 is 14.3 Å². The Kier molecular flexibility index (Phi) is 6.05. The van der Waals surface area contributed by atoms with Gasteiger partial charge in [-0.3, -0.25) is 14.2 Å². The van der Waals surface area contributed by atoms with Crippen LogP contribution in [-0.4, -0.2) is 35.4 Å². The molecule has 144 valence electrons. The highest BCUT2D eigenvalue weighted by Crippen LogP contribution is 2.33. The van der Waals surface area contributed by atoms with Crippen LogP contribution in [0.2, 0.25) is 0 Å². The predicted octanol–water partition coefficient (Wildman–Crippen LogP) is 2.89. The molecular weight excluding hydrogens is 366 g/mol. The Balaban J connectivity index is 1.75. The Hall–Kier alpha value is -2.48. The smallest absolute Gasteiger partial charge is 0.254 e. The molecule has 1 aromatic heterocycles. The van der Waals surface area contributed by atoms with Gasteiger partial charge >= 0.3 is 0 Å². The molecule has 1 atom stereocenters. The Morgan fingerprint density at radius 2 is 2.15 bits per heavy atom. The fourth-order valence-corrected chi connectivity index (χ4v) is 4.23. The molecule has 3 rings (SSSR count). The van der Waals surface area contributed by atoms with Gasteiger partial charge < -0.3 is 14.8 Å². The van der Waals surface area contributed by atoms with Crippen LogP contribution in [0.15, 0.2) is 34.2 Å². The average molecular weight is 389 g/mol. The average Bonchev–Trinajstić information content (AvgIpc) is 3.05. The van der Waals surface area contributed by atoms with Gasteiger partial charge in [0.1, 0.15) is 11.5 Å². The zero-order valence-corrected chi connectivity index (χ0v) is 16.5. The summed E-state index contributed by atoms with van der Waals surface area (Å²) < 4.78 is 12.1. The third kappa shape index (κ3) is 4.27. The Morgan fingerprint density at radius 3 is 2.85 bits per heavy atom. The van der Waals surface area contributed by atoms with Gasteiger partial charge in [-0.05, 0) is 18.6 Å². The first-order valence-electron chi connectivity index (χ1n) is 8.82. The maximum atomic E-state index is 12.6. The van der Waals surface area contributed by atoms with E-state index in [1.807, 2.05) is 0 Å². The van der Waals surface area contributed by atoms with Gasteiger partial charge in [0.2, 0.25) is 5.91 Å². The molecule has 0 radical (unpaired) electrons. The van der Waals surface area contributed by atoms with Crippen LogP contribution in [0.4, 0.5) is 5.69 Å². The van der Waals surface area contributed by atoms with Crippen LogP contribution in [0.25, 0.3) is 0 Å². The van der Waals surface area contributed by atoms with Gasteiger partial charge in [-0.2, -0.15) is 0 Å². The second kappa shape index (κ2) is 8.47. The SMILES string of the molecule is CCCc1cc(=O)n2c(n1)SCC2CC(=O)Nc1cc(OC)ccc1OC. The summed E-state index contributed by atoms with van der Waals surface area (Å²) in [6.45, 7) is 2.06. The number of benzene rings is 1. The van der Waals surface area contributed by atoms with Gasteiger partial charge in [0.05, 0.1) is 25.9 Å². The largest absolute Gasteiger partial charge is 0.497 e. The number of amides is 1. The number of hydrogen-bond donors (Lipinski definition) is 1. The first kappa shape index (κ1) is 19.3. The van der Waals surface area contributed by atoms with Crippen LogP contribution in [0.1, 0.15) is 31.5 Å². The molecule has 0 spiro atoms. The molecule has 27 heavy (non-hydrogen) atoms. The normalized spacial score (nSPS) is 15.3. The van der Waals surface area contributed by atoms with Crippen molar-refractivity contribution in [2.45, 2.75) is 37.4 Å². The summed E-state index contributed by atoms with van der Waals surface area (Å²) in [6, 6.07) is 6.57. The van der Waals surface area contributed by atoms with Crippen molar-refractivity contribution in [2.24, 2.45) is 0 Å². The summed E-state index contributed by atoms with van der Waals surface area (Å²) in [7, 11) is 3.10. The van der Waals surface area contributed by atoms with E-state index in [2.05, 4.69) is 17.2 Å². The van der Waals surface area contributed by atoms with Crippen LogP contribution in [-0.2, 0) is 11.2 Å². The van der Waals surface area contributed by atoms with Crippen LogP contribution in [0, 0.1) is 0 Å². The molecule has 1 aliphatic heterocycles. The minimum atomic E-state index is -0.211. The maximum Gasteiger partial charge on any atom is 0.254 e. The fourth-order valence-electron chi connectivity index (χ4n) is 3.06. The van der Waals surface area contributed by atoms with Crippen LogP contribution < -0.4 is 20.3 Å². The number of rotatable bonds is 7. The molecule has 2 heterocycles. The number of fused-ring (bicyclic) bond motifs is 1. The summed E-state index contributed by atoms with van der Waals surface area (Å²) in [4.78, 5) is 29.6. The summed E-state index contributed by atoms with van der Waals surface area (Å²) in [6.07, 6.45) is 1.91. The summed E-state index contributed by atoms with van der Waals surface area (Å²) in [5.74, 6) is 1.63. The molecule has 1 aromatic carbocycles. The minimum absolute atomic E-state index is 0.0924.